The second-order valence-electron chi connectivity index (χ2n) is 7.79. The molecule has 1 aliphatic heterocycles. The molecule has 2 fully saturated rings. The van der Waals surface area contributed by atoms with Crippen molar-refractivity contribution in [2.75, 3.05) is 0 Å². The Bertz CT molecular complexity index is 695. The van der Waals surface area contributed by atoms with Crippen LogP contribution in [0.5, 0.6) is 5.75 Å². The number of hydrogen-bond donors (Lipinski definition) is 0. The predicted molar refractivity (Wildman–Crippen MR) is 86.2 cm³/mol. The summed E-state index contributed by atoms with van der Waals surface area (Å²) in [6.07, 6.45) is 1.17. The fourth-order valence-electron chi connectivity index (χ4n) is 4.21. The van der Waals surface area contributed by atoms with Gasteiger partial charge in [0.2, 0.25) is 5.60 Å². The minimum absolute atomic E-state index is 0.289. The normalized spacial score (nSPS) is 31.1. The van der Waals surface area contributed by atoms with Gasteiger partial charge in [0, 0.05) is 5.41 Å². The summed E-state index contributed by atoms with van der Waals surface area (Å²) in [5.74, 6) is -0.169. The van der Waals surface area contributed by atoms with Crippen LogP contribution in [0.25, 0.3) is 0 Å². The lowest BCUT2D eigenvalue weighted by Gasteiger charge is -2.34. The Morgan fingerprint density at radius 1 is 1.09 bits per heavy atom. The average molecular weight is 316 g/mol. The van der Waals surface area contributed by atoms with Gasteiger partial charge in [0.25, 0.3) is 0 Å². The monoisotopic (exact) mass is 316 g/mol. The zero-order valence-corrected chi connectivity index (χ0v) is 14.7. The molecule has 4 heteroatoms. The number of fused-ring (bicyclic) bond motifs is 2. The Morgan fingerprint density at radius 3 is 2.09 bits per heavy atom. The molecule has 0 unspecified atom stereocenters. The number of hydrogen-bond acceptors (Lipinski definition) is 4. The van der Waals surface area contributed by atoms with Crippen LogP contribution in [0, 0.1) is 31.6 Å². The third-order valence-corrected chi connectivity index (χ3v) is 6.21. The summed E-state index contributed by atoms with van der Waals surface area (Å²) in [6.45, 7) is 11.6. The molecule has 23 heavy (non-hydrogen) atoms. The van der Waals surface area contributed by atoms with Crippen molar-refractivity contribution < 1.29 is 19.1 Å². The molecule has 1 saturated heterocycles. The van der Waals surface area contributed by atoms with E-state index in [1.807, 2.05) is 53.7 Å². The first-order valence-electron chi connectivity index (χ1n) is 8.09. The number of ether oxygens (including phenoxy) is 2. The summed E-state index contributed by atoms with van der Waals surface area (Å²) >= 11 is 0. The van der Waals surface area contributed by atoms with Crippen LogP contribution in [-0.4, -0.2) is 17.5 Å². The molecule has 2 aliphatic rings. The Morgan fingerprint density at radius 2 is 1.65 bits per heavy atom. The summed E-state index contributed by atoms with van der Waals surface area (Å²) in [6, 6.07) is 3.97. The van der Waals surface area contributed by atoms with E-state index in [4.69, 9.17) is 9.47 Å². The summed E-state index contributed by atoms with van der Waals surface area (Å²) in [5, 5.41) is 0. The van der Waals surface area contributed by atoms with Crippen LogP contribution in [0.15, 0.2) is 12.1 Å². The van der Waals surface area contributed by atoms with Crippen LogP contribution in [0.1, 0.15) is 50.3 Å². The van der Waals surface area contributed by atoms with Crippen LogP contribution < -0.4 is 4.74 Å². The molecule has 1 aliphatic carbocycles. The Hall–Kier alpha value is -1.84. The highest BCUT2D eigenvalue weighted by Crippen LogP contribution is 2.65. The van der Waals surface area contributed by atoms with Gasteiger partial charge in [-0.05, 0) is 51.7 Å². The number of carbonyl (C=O) groups is 2. The Kier molecular flexibility index (Phi) is 3.20. The fourth-order valence-corrected chi connectivity index (χ4v) is 4.21. The predicted octanol–water partition coefficient (Wildman–Crippen LogP) is 3.64. The Labute approximate surface area is 137 Å². The highest BCUT2D eigenvalue weighted by Gasteiger charge is 2.76. The van der Waals surface area contributed by atoms with E-state index in [2.05, 4.69) is 0 Å². The fraction of sp³-hybridized carbons (Fsp3) is 0.579. The largest absolute Gasteiger partial charge is 0.446 e. The molecule has 0 spiro atoms. The van der Waals surface area contributed by atoms with Gasteiger partial charge in [-0.1, -0.05) is 31.5 Å². The van der Waals surface area contributed by atoms with E-state index >= 15 is 0 Å². The molecular formula is C19H24O4. The van der Waals surface area contributed by atoms with Crippen molar-refractivity contribution in [2.24, 2.45) is 10.8 Å². The maximum atomic E-state index is 13.0. The molecule has 2 bridgehead atoms. The molecule has 1 heterocycles. The minimum atomic E-state index is -1.18. The van der Waals surface area contributed by atoms with Crippen molar-refractivity contribution in [3.05, 3.63) is 28.8 Å². The van der Waals surface area contributed by atoms with Crippen molar-refractivity contribution in [3.63, 3.8) is 0 Å². The first-order chi connectivity index (χ1) is 10.5. The number of benzene rings is 1. The van der Waals surface area contributed by atoms with Gasteiger partial charge in [-0.15, -0.1) is 0 Å². The van der Waals surface area contributed by atoms with Crippen molar-refractivity contribution in [3.8, 4) is 5.75 Å². The second-order valence-corrected chi connectivity index (χ2v) is 7.79. The number of carbonyl (C=O) groups excluding carboxylic acids is 2. The standard InChI is InChI=1S/C19H24O4/c1-11-9-12(2)14(13(3)10-11)22-16(21)19-8-7-18(6,15(20)23-19)17(19,4)5/h9-10H,7-8H2,1-6H3/t18-,19-/m0/s1. The number of aryl methyl sites for hydroxylation is 3. The lowest BCUT2D eigenvalue weighted by Crippen LogP contribution is -2.50. The van der Waals surface area contributed by atoms with Crippen LogP contribution >= 0.6 is 0 Å². The van der Waals surface area contributed by atoms with E-state index in [0.717, 1.165) is 16.7 Å². The molecule has 1 aromatic carbocycles. The molecule has 3 rings (SSSR count). The quantitative estimate of drug-likeness (QED) is 0.617. The topological polar surface area (TPSA) is 52.6 Å². The van der Waals surface area contributed by atoms with Gasteiger partial charge in [0.1, 0.15) is 5.75 Å². The van der Waals surface area contributed by atoms with Crippen molar-refractivity contribution in [2.45, 2.75) is 60.0 Å². The third kappa shape index (κ3) is 1.84. The van der Waals surface area contributed by atoms with E-state index in [1.54, 1.807) is 0 Å². The highest BCUT2D eigenvalue weighted by atomic mass is 16.6. The number of rotatable bonds is 2. The summed E-state index contributed by atoms with van der Waals surface area (Å²) < 4.78 is 11.3. The third-order valence-electron chi connectivity index (χ3n) is 6.21. The molecule has 4 nitrogen and oxygen atoms in total. The molecule has 1 saturated carbocycles. The molecule has 0 radical (unpaired) electrons. The molecule has 124 valence electrons. The van der Waals surface area contributed by atoms with E-state index in [9.17, 15) is 9.59 Å². The summed E-state index contributed by atoms with van der Waals surface area (Å²) in [7, 11) is 0. The van der Waals surface area contributed by atoms with Gasteiger partial charge >= 0.3 is 11.9 Å². The van der Waals surface area contributed by atoms with Crippen molar-refractivity contribution >= 4 is 11.9 Å². The van der Waals surface area contributed by atoms with Gasteiger partial charge in [0.05, 0.1) is 5.41 Å². The van der Waals surface area contributed by atoms with E-state index in [0.29, 0.717) is 18.6 Å². The second kappa shape index (κ2) is 4.59. The molecule has 0 N–H and O–H groups in total. The van der Waals surface area contributed by atoms with E-state index < -0.39 is 22.4 Å². The van der Waals surface area contributed by atoms with Gasteiger partial charge in [-0.25, -0.2) is 4.79 Å². The Balaban J connectivity index is 1.98. The first kappa shape index (κ1) is 16.0. The van der Waals surface area contributed by atoms with Crippen LogP contribution in [0.3, 0.4) is 0 Å². The van der Waals surface area contributed by atoms with E-state index in [1.165, 1.54) is 0 Å². The molecule has 2 atom stereocenters. The van der Waals surface area contributed by atoms with E-state index in [-0.39, 0.29) is 5.97 Å². The summed E-state index contributed by atoms with van der Waals surface area (Å²) in [4.78, 5) is 25.3. The van der Waals surface area contributed by atoms with Gasteiger partial charge in [-0.2, -0.15) is 0 Å². The van der Waals surface area contributed by atoms with Crippen LogP contribution in [-0.2, 0) is 14.3 Å². The SMILES string of the molecule is Cc1cc(C)c(OC(=O)[C@]23CC[C@@](C)(C(=O)O2)C3(C)C)c(C)c1. The molecule has 0 aromatic heterocycles. The van der Waals surface area contributed by atoms with Gasteiger partial charge in [-0.3, -0.25) is 4.79 Å². The van der Waals surface area contributed by atoms with Crippen molar-refractivity contribution in [1.29, 1.82) is 0 Å². The maximum absolute atomic E-state index is 13.0. The van der Waals surface area contributed by atoms with Crippen molar-refractivity contribution in [1.82, 2.24) is 0 Å². The highest BCUT2D eigenvalue weighted by molar-refractivity contribution is 5.94. The zero-order valence-electron chi connectivity index (χ0n) is 14.7. The maximum Gasteiger partial charge on any atom is 0.356 e. The first-order valence-corrected chi connectivity index (χ1v) is 8.09. The lowest BCUT2D eigenvalue weighted by molar-refractivity contribution is -0.176. The lowest BCUT2D eigenvalue weighted by atomic mass is 9.66. The molecule has 0 amide bonds. The smallest absolute Gasteiger partial charge is 0.356 e. The number of esters is 2. The molecule has 1 aromatic rings. The minimum Gasteiger partial charge on any atom is -0.446 e. The van der Waals surface area contributed by atoms with Crippen LogP contribution in [0.2, 0.25) is 0 Å². The zero-order chi connectivity index (χ0) is 17.2. The van der Waals surface area contributed by atoms with Gasteiger partial charge < -0.3 is 9.47 Å². The van der Waals surface area contributed by atoms with Gasteiger partial charge in [0.15, 0.2) is 0 Å². The van der Waals surface area contributed by atoms with Crippen LogP contribution in [0.4, 0.5) is 0 Å². The summed E-state index contributed by atoms with van der Waals surface area (Å²) in [5.41, 5.74) is 0.566. The average Bonchev–Trinajstić information content (AvgIpc) is 2.73. The molecular weight excluding hydrogens is 292 g/mol.